The number of amides is 2. The molecular weight excluding hydrogens is 368 g/mol. The van der Waals surface area contributed by atoms with Crippen LogP contribution in [-0.2, 0) is 0 Å². The van der Waals surface area contributed by atoms with Gasteiger partial charge in [-0.05, 0) is 42.0 Å². The van der Waals surface area contributed by atoms with E-state index in [9.17, 15) is 9.59 Å². The standard InChI is InChI=1S/C23H22N2O4/c1-28-19-12-6-10-17(14-19)22(26)24-21(16-8-4-3-5-9-16)25-23(27)18-11-7-13-20(15-18)29-2/h3-15,21H,1-2H3,(H,24,26)(H,25,27). The van der Waals surface area contributed by atoms with E-state index < -0.39 is 6.17 Å². The number of carbonyl (C=O) groups is 2. The van der Waals surface area contributed by atoms with E-state index >= 15 is 0 Å². The number of methoxy groups -OCH3 is 2. The maximum atomic E-state index is 12.8. The molecule has 0 aliphatic rings. The second-order valence-electron chi connectivity index (χ2n) is 6.25. The number of hydrogen-bond acceptors (Lipinski definition) is 4. The molecule has 0 bridgehead atoms. The van der Waals surface area contributed by atoms with E-state index in [0.29, 0.717) is 22.6 Å². The summed E-state index contributed by atoms with van der Waals surface area (Å²) in [5, 5.41) is 5.74. The van der Waals surface area contributed by atoms with Gasteiger partial charge in [0.05, 0.1) is 14.2 Å². The maximum Gasteiger partial charge on any atom is 0.253 e. The van der Waals surface area contributed by atoms with Crippen molar-refractivity contribution in [2.45, 2.75) is 6.17 Å². The number of carbonyl (C=O) groups excluding carboxylic acids is 2. The molecule has 0 aliphatic carbocycles. The van der Waals surface area contributed by atoms with E-state index in [1.807, 2.05) is 30.3 Å². The predicted molar refractivity (Wildman–Crippen MR) is 110 cm³/mol. The normalized spacial score (nSPS) is 10.3. The topological polar surface area (TPSA) is 76.7 Å². The first kappa shape index (κ1) is 19.9. The van der Waals surface area contributed by atoms with Crippen LogP contribution >= 0.6 is 0 Å². The molecular formula is C23H22N2O4. The lowest BCUT2D eigenvalue weighted by Gasteiger charge is -2.21. The number of benzene rings is 3. The van der Waals surface area contributed by atoms with Crippen LogP contribution in [0.4, 0.5) is 0 Å². The summed E-state index contributed by atoms with van der Waals surface area (Å²) in [5.41, 5.74) is 1.61. The zero-order chi connectivity index (χ0) is 20.6. The number of ether oxygens (including phenoxy) is 2. The summed E-state index contributed by atoms with van der Waals surface area (Å²) in [6.07, 6.45) is -0.714. The highest BCUT2D eigenvalue weighted by atomic mass is 16.5. The van der Waals surface area contributed by atoms with Gasteiger partial charge < -0.3 is 20.1 Å². The largest absolute Gasteiger partial charge is 0.497 e. The Kier molecular flexibility index (Phi) is 6.47. The van der Waals surface area contributed by atoms with Crippen LogP contribution in [0.25, 0.3) is 0 Å². The zero-order valence-corrected chi connectivity index (χ0v) is 16.2. The van der Waals surface area contributed by atoms with Gasteiger partial charge in [0.25, 0.3) is 11.8 Å². The fourth-order valence-corrected chi connectivity index (χ4v) is 2.81. The number of nitrogens with one attached hydrogen (secondary N) is 2. The molecule has 0 saturated heterocycles. The van der Waals surface area contributed by atoms with Crippen molar-refractivity contribution in [2.75, 3.05) is 14.2 Å². The van der Waals surface area contributed by atoms with Crippen molar-refractivity contribution >= 4 is 11.8 Å². The van der Waals surface area contributed by atoms with Crippen LogP contribution in [0, 0.1) is 0 Å². The molecule has 0 unspecified atom stereocenters. The molecule has 0 aliphatic heterocycles. The molecule has 3 aromatic carbocycles. The number of rotatable bonds is 7. The highest BCUT2D eigenvalue weighted by Gasteiger charge is 2.19. The van der Waals surface area contributed by atoms with E-state index in [0.717, 1.165) is 5.56 Å². The van der Waals surface area contributed by atoms with Crippen LogP contribution in [0.15, 0.2) is 78.9 Å². The molecule has 2 N–H and O–H groups in total. The molecule has 0 heterocycles. The maximum absolute atomic E-state index is 12.8. The van der Waals surface area contributed by atoms with Gasteiger partial charge in [-0.3, -0.25) is 9.59 Å². The Morgan fingerprint density at radius 3 is 1.62 bits per heavy atom. The molecule has 0 saturated carbocycles. The summed E-state index contributed by atoms with van der Waals surface area (Å²) < 4.78 is 10.4. The van der Waals surface area contributed by atoms with E-state index in [-0.39, 0.29) is 11.8 Å². The van der Waals surface area contributed by atoms with Crippen molar-refractivity contribution in [3.8, 4) is 11.5 Å². The fourth-order valence-electron chi connectivity index (χ4n) is 2.81. The summed E-state index contributed by atoms with van der Waals surface area (Å²) in [5.74, 6) is 0.496. The van der Waals surface area contributed by atoms with E-state index in [2.05, 4.69) is 10.6 Å². The van der Waals surface area contributed by atoms with E-state index in [1.165, 1.54) is 14.2 Å². The lowest BCUT2D eigenvalue weighted by atomic mass is 10.1. The van der Waals surface area contributed by atoms with Crippen molar-refractivity contribution in [1.82, 2.24) is 10.6 Å². The first-order valence-corrected chi connectivity index (χ1v) is 9.05. The average Bonchev–Trinajstić information content (AvgIpc) is 2.79. The van der Waals surface area contributed by atoms with E-state index in [1.54, 1.807) is 48.5 Å². The molecule has 0 fully saturated rings. The number of hydrogen-bond donors (Lipinski definition) is 2. The van der Waals surface area contributed by atoms with Gasteiger partial charge in [-0.15, -0.1) is 0 Å². The molecule has 3 rings (SSSR count). The van der Waals surface area contributed by atoms with Gasteiger partial charge >= 0.3 is 0 Å². The van der Waals surface area contributed by atoms with Crippen molar-refractivity contribution in [2.24, 2.45) is 0 Å². The summed E-state index contributed by atoms with van der Waals surface area (Å²) in [6.45, 7) is 0. The zero-order valence-electron chi connectivity index (χ0n) is 16.2. The van der Waals surface area contributed by atoms with Gasteiger partial charge in [0.1, 0.15) is 17.7 Å². The smallest absolute Gasteiger partial charge is 0.253 e. The highest BCUT2D eigenvalue weighted by Crippen LogP contribution is 2.17. The molecule has 29 heavy (non-hydrogen) atoms. The Balaban J connectivity index is 1.83. The van der Waals surface area contributed by atoms with E-state index in [4.69, 9.17) is 9.47 Å². The van der Waals surface area contributed by atoms with Crippen molar-refractivity contribution < 1.29 is 19.1 Å². The second kappa shape index (κ2) is 9.41. The summed E-state index contributed by atoms with van der Waals surface area (Å²) in [4.78, 5) is 25.6. The molecule has 3 aromatic rings. The minimum Gasteiger partial charge on any atom is -0.497 e. The third-order valence-corrected chi connectivity index (χ3v) is 4.35. The highest BCUT2D eigenvalue weighted by molar-refractivity contribution is 5.97. The Morgan fingerprint density at radius 2 is 1.17 bits per heavy atom. The molecule has 6 nitrogen and oxygen atoms in total. The molecule has 0 aromatic heterocycles. The molecule has 148 valence electrons. The van der Waals surface area contributed by atoms with Crippen molar-refractivity contribution in [3.05, 3.63) is 95.6 Å². The molecule has 0 radical (unpaired) electrons. The Bertz CT molecular complexity index is 927. The molecule has 0 spiro atoms. The first-order valence-electron chi connectivity index (χ1n) is 9.05. The van der Waals surface area contributed by atoms with Crippen LogP contribution < -0.4 is 20.1 Å². The summed E-state index contributed by atoms with van der Waals surface area (Å²) in [6, 6.07) is 22.9. The summed E-state index contributed by atoms with van der Waals surface area (Å²) in [7, 11) is 3.08. The van der Waals surface area contributed by atoms with Crippen LogP contribution in [-0.4, -0.2) is 26.0 Å². The Morgan fingerprint density at radius 1 is 0.690 bits per heavy atom. The fraction of sp³-hybridized carbons (Fsp3) is 0.130. The Labute approximate surface area is 169 Å². The third kappa shape index (κ3) is 5.13. The minimum atomic E-state index is -0.714. The van der Waals surface area contributed by atoms with Gasteiger partial charge in [-0.2, -0.15) is 0 Å². The van der Waals surface area contributed by atoms with Crippen LogP contribution in [0.2, 0.25) is 0 Å². The van der Waals surface area contributed by atoms with Crippen molar-refractivity contribution in [1.29, 1.82) is 0 Å². The molecule has 6 heteroatoms. The van der Waals surface area contributed by atoms with Gasteiger partial charge in [0.2, 0.25) is 0 Å². The van der Waals surface area contributed by atoms with Crippen molar-refractivity contribution in [3.63, 3.8) is 0 Å². The quantitative estimate of drug-likeness (QED) is 0.605. The van der Waals surface area contributed by atoms with Gasteiger partial charge in [0.15, 0.2) is 0 Å². The minimum absolute atomic E-state index is 0.330. The Hall–Kier alpha value is -3.80. The van der Waals surface area contributed by atoms with Gasteiger partial charge in [0, 0.05) is 11.1 Å². The van der Waals surface area contributed by atoms with Gasteiger partial charge in [-0.25, -0.2) is 0 Å². The van der Waals surface area contributed by atoms with Crippen LogP contribution in [0.5, 0.6) is 11.5 Å². The van der Waals surface area contributed by atoms with Crippen LogP contribution in [0.3, 0.4) is 0 Å². The molecule has 0 atom stereocenters. The lowest BCUT2D eigenvalue weighted by Crippen LogP contribution is -2.41. The summed E-state index contributed by atoms with van der Waals surface area (Å²) >= 11 is 0. The van der Waals surface area contributed by atoms with Crippen LogP contribution in [0.1, 0.15) is 32.4 Å². The monoisotopic (exact) mass is 390 g/mol. The first-order chi connectivity index (χ1) is 14.1. The average molecular weight is 390 g/mol. The molecule has 2 amide bonds. The second-order valence-corrected chi connectivity index (χ2v) is 6.25. The van der Waals surface area contributed by atoms with Gasteiger partial charge in [-0.1, -0.05) is 42.5 Å². The lowest BCUT2D eigenvalue weighted by molar-refractivity contribution is 0.0883. The SMILES string of the molecule is COc1cccc(C(=O)NC(NC(=O)c2cccc(OC)c2)c2ccccc2)c1. The predicted octanol–water partition coefficient (Wildman–Crippen LogP) is 3.56. The third-order valence-electron chi connectivity index (χ3n) is 4.35.